The number of aryl methyl sites for hydroxylation is 2. The average molecular weight is 431 g/mol. The van der Waals surface area contributed by atoms with E-state index >= 15 is 0 Å². The lowest BCUT2D eigenvalue weighted by molar-refractivity contribution is 0.415. The van der Waals surface area contributed by atoms with E-state index in [1.54, 1.807) is 7.11 Å². The lowest BCUT2D eigenvalue weighted by Gasteiger charge is -2.11. The first-order chi connectivity index (χ1) is 15.6. The van der Waals surface area contributed by atoms with Gasteiger partial charge in [0.25, 0.3) is 0 Å². The largest absolute Gasteiger partial charge is 0.497 e. The number of methoxy groups -OCH3 is 1. The van der Waals surface area contributed by atoms with E-state index in [9.17, 15) is 0 Å². The highest BCUT2D eigenvalue weighted by atomic mass is 16.5. The summed E-state index contributed by atoms with van der Waals surface area (Å²) in [7, 11) is 1.67. The van der Waals surface area contributed by atoms with Gasteiger partial charge in [-0.05, 0) is 62.1 Å². The van der Waals surface area contributed by atoms with Crippen LogP contribution in [0.3, 0.4) is 0 Å². The molecule has 1 aliphatic rings. The van der Waals surface area contributed by atoms with Crippen molar-refractivity contribution in [3.8, 4) is 5.75 Å². The zero-order valence-corrected chi connectivity index (χ0v) is 19.0. The molecule has 2 aromatic carbocycles. The maximum Gasteiger partial charge on any atom is 0.226 e. The zero-order valence-electron chi connectivity index (χ0n) is 19.0. The fourth-order valence-electron chi connectivity index (χ4n) is 4.35. The second-order valence-corrected chi connectivity index (χ2v) is 8.69. The number of fused-ring (bicyclic) bond motifs is 3. The van der Waals surface area contributed by atoms with E-state index < -0.39 is 0 Å². The zero-order chi connectivity index (χ0) is 22.1. The standard InChI is InChI=1S/C25H30N6O/c1-16-7-8-18(12-17(16)2)14-27-25-28-22-13-20(32-3)9-10-21(22)24-29-23(30-31(24)25)19-6-4-5-11-26-15-19/h7-10,12-13,19,26H,4-6,11,14-15H2,1-3H3,(H,27,28). The lowest BCUT2D eigenvalue weighted by Crippen LogP contribution is -2.20. The van der Waals surface area contributed by atoms with Crippen LogP contribution in [0.5, 0.6) is 5.75 Å². The molecule has 1 atom stereocenters. The predicted octanol–water partition coefficient (Wildman–Crippen LogP) is 4.37. The van der Waals surface area contributed by atoms with E-state index in [1.165, 1.54) is 29.5 Å². The van der Waals surface area contributed by atoms with E-state index in [-0.39, 0.29) is 0 Å². The molecule has 0 radical (unpaired) electrons. The summed E-state index contributed by atoms with van der Waals surface area (Å²) < 4.78 is 7.30. The molecule has 4 aromatic rings. The third kappa shape index (κ3) is 4.00. The number of nitrogens with zero attached hydrogens (tertiary/aromatic N) is 4. The average Bonchev–Trinajstić information content (AvgIpc) is 3.07. The SMILES string of the molecule is COc1ccc2c(c1)nc(NCc1ccc(C)c(C)c1)n1nc(C3CCCCNC3)nc21. The van der Waals surface area contributed by atoms with Crippen LogP contribution in [0.4, 0.5) is 5.95 Å². The monoisotopic (exact) mass is 430 g/mol. The first-order valence-electron chi connectivity index (χ1n) is 11.4. The van der Waals surface area contributed by atoms with Crippen LogP contribution in [0.1, 0.15) is 47.7 Å². The fraction of sp³-hybridized carbons (Fsp3) is 0.400. The van der Waals surface area contributed by atoms with Crippen LogP contribution in [-0.2, 0) is 6.54 Å². The number of benzene rings is 2. The molecule has 0 spiro atoms. The van der Waals surface area contributed by atoms with Crippen LogP contribution in [0, 0.1) is 13.8 Å². The second kappa shape index (κ2) is 8.74. The summed E-state index contributed by atoms with van der Waals surface area (Å²) in [6.45, 7) is 6.92. The lowest BCUT2D eigenvalue weighted by atomic mass is 10.0. The highest BCUT2D eigenvalue weighted by Gasteiger charge is 2.21. The highest BCUT2D eigenvalue weighted by molar-refractivity contribution is 5.93. The second-order valence-electron chi connectivity index (χ2n) is 8.69. The number of hydrogen-bond donors (Lipinski definition) is 2. The van der Waals surface area contributed by atoms with Crippen molar-refractivity contribution in [2.24, 2.45) is 0 Å². The van der Waals surface area contributed by atoms with Gasteiger partial charge >= 0.3 is 0 Å². The van der Waals surface area contributed by atoms with Crippen molar-refractivity contribution < 1.29 is 4.74 Å². The molecule has 3 heterocycles. The van der Waals surface area contributed by atoms with Crippen molar-refractivity contribution in [3.05, 3.63) is 58.9 Å². The number of hydrogen-bond acceptors (Lipinski definition) is 6. The molecule has 2 aromatic heterocycles. The van der Waals surface area contributed by atoms with Crippen LogP contribution in [0.25, 0.3) is 16.6 Å². The Kier molecular flexibility index (Phi) is 5.66. The Balaban J connectivity index is 1.57. The number of anilines is 1. The van der Waals surface area contributed by atoms with Gasteiger partial charge < -0.3 is 15.4 Å². The summed E-state index contributed by atoms with van der Waals surface area (Å²) in [4.78, 5) is 9.89. The predicted molar refractivity (Wildman–Crippen MR) is 128 cm³/mol. The molecular weight excluding hydrogens is 400 g/mol. The molecule has 1 unspecified atom stereocenters. The van der Waals surface area contributed by atoms with Gasteiger partial charge in [-0.15, -0.1) is 5.10 Å². The third-order valence-electron chi connectivity index (χ3n) is 6.43. The summed E-state index contributed by atoms with van der Waals surface area (Å²) in [5.74, 6) is 2.68. The Morgan fingerprint density at radius 1 is 1.09 bits per heavy atom. The number of nitrogens with one attached hydrogen (secondary N) is 2. The Labute approximate surface area is 188 Å². The van der Waals surface area contributed by atoms with Gasteiger partial charge in [-0.1, -0.05) is 24.6 Å². The first kappa shape index (κ1) is 20.7. The van der Waals surface area contributed by atoms with Gasteiger partial charge in [0, 0.05) is 30.5 Å². The fourth-order valence-corrected chi connectivity index (χ4v) is 4.35. The Hall–Kier alpha value is -3.19. The molecule has 0 amide bonds. The molecular formula is C25H30N6O. The highest BCUT2D eigenvalue weighted by Crippen LogP contribution is 2.28. The number of rotatable bonds is 5. The summed E-state index contributed by atoms with van der Waals surface area (Å²) in [6, 6.07) is 12.5. The van der Waals surface area contributed by atoms with Crippen molar-refractivity contribution in [1.29, 1.82) is 0 Å². The molecule has 0 saturated carbocycles. The van der Waals surface area contributed by atoms with E-state index in [4.69, 9.17) is 19.8 Å². The van der Waals surface area contributed by atoms with Crippen molar-refractivity contribution >= 4 is 22.5 Å². The molecule has 0 bridgehead atoms. The molecule has 7 heteroatoms. The molecule has 32 heavy (non-hydrogen) atoms. The molecule has 1 aliphatic heterocycles. The molecule has 5 rings (SSSR count). The van der Waals surface area contributed by atoms with Crippen molar-refractivity contribution in [1.82, 2.24) is 24.9 Å². The van der Waals surface area contributed by atoms with E-state index in [0.29, 0.717) is 18.4 Å². The molecule has 1 saturated heterocycles. The Morgan fingerprint density at radius 3 is 2.84 bits per heavy atom. The van der Waals surface area contributed by atoms with Gasteiger partial charge in [0.2, 0.25) is 5.95 Å². The third-order valence-corrected chi connectivity index (χ3v) is 6.43. The smallest absolute Gasteiger partial charge is 0.226 e. The maximum absolute atomic E-state index is 5.43. The number of ether oxygens (including phenoxy) is 1. The van der Waals surface area contributed by atoms with Crippen molar-refractivity contribution in [2.75, 3.05) is 25.5 Å². The van der Waals surface area contributed by atoms with E-state index in [0.717, 1.165) is 47.6 Å². The molecule has 166 valence electrons. The molecule has 7 nitrogen and oxygen atoms in total. The summed E-state index contributed by atoms with van der Waals surface area (Å²) in [6.07, 6.45) is 3.51. The van der Waals surface area contributed by atoms with E-state index in [2.05, 4.69) is 42.7 Å². The van der Waals surface area contributed by atoms with Gasteiger partial charge in [0.05, 0.1) is 12.6 Å². The minimum atomic E-state index is 0.318. The van der Waals surface area contributed by atoms with Gasteiger partial charge in [0.1, 0.15) is 5.75 Å². The van der Waals surface area contributed by atoms with Gasteiger partial charge in [-0.2, -0.15) is 4.52 Å². The Morgan fingerprint density at radius 2 is 2.00 bits per heavy atom. The minimum absolute atomic E-state index is 0.318. The van der Waals surface area contributed by atoms with Gasteiger partial charge in [-0.3, -0.25) is 0 Å². The summed E-state index contributed by atoms with van der Waals surface area (Å²) in [5, 5.41) is 12.9. The normalized spacial score (nSPS) is 16.9. The van der Waals surface area contributed by atoms with Crippen LogP contribution < -0.4 is 15.4 Å². The molecule has 0 aliphatic carbocycles. The van der Waals surface area contributed by atoms with Crippen molar-refractivity contribution in [2.45, 2.75) is 45.6 Å². The van der Waals surface area contributed by atoms with Crippen LogP contribution in [0.2, 0.25) is 0 Å². The van der Waals surface area contributed by atoms with Crippen molar-refractivity contribution in [3.63, 3.8) is 0 Å². The molecule has 2 N–H and O–H groups in total. The van der Waals surface area contributed by atoms with Crippen LogP contribution >= 0.6 is 0 Å². The van der Waals surface area contributed by atoms with Crippen LogP contribution in [0.15, 0.2) is 36.4 Å². The number of aromatic nitrogens is 4. The topological polar surface area (TPSA) is 76.4 Å². The summed E-state index contributed by atoms with van der Waals surface area (Å²) >= 11 is 0. The first-order valence-corrected chi connectivity index (χ1v) is 11.4. The van der Waals surface area contributed by atoms with Gasteiger partial charge in [0.15, 0.2) is 11.5 Å². The minimum Gasteiger partial charge on any atom is -0.497 e. The van der Waals surface area contributed by atoms with E-state index in [1.807, 2.05) is 22.7 Å². The Bertz CT molecular complexity index is 1260. The maximum atomic E-state index is 5.43. The van der Waals surface area contributed by atoms with Gasteiger partial charge in [-0.25, -0.2) is 9.97 Å². The van der Waals surface area contributed by atoms with Crippen LogP contribution in [-0.4, -0.2) is 39.8 Å². The molecule has 1 fully saturated rings. The quantitative estimate of drug-likeness (QED) is 0.490. The summed E-state index contributed by atoms with van der Waals surface area (Å²) in [5.41, 5.74) is 5.47.